The number of carbonyl (C=O) groups is 3. The Morgan fingerprint density at radius 3 is 2.66 bits per heavy atom. The quantitative estimate of drug-likeness (QED) is 0.724. The minimum absolute atomic E-state index is 0.167. The van der Waals surface area contributed by atoms with Crippen LogP contribution in [0, 0.1) is 13.8 Å². The predicted molar refractivity (Wildman–Crippen MR) is 112 cm³/mol. The van der Waals surface area contributed by atoms with E-state index in [1.807, 2.05) is 42.7 Å². The van der Waals surface area contributed by atoms with Crippen LogP contribution in [0.5, 0.6) is 0 Å². The number of likely N-dealkylation sites (tertiary alicyclic amines) is 1. The maximum Gasteiger partial charge on any atom is 0.294 e. The third-order valence-corrected chi connectivity index (χ3v) is 6.17. The van der Waals surface area contributed by atoms with Crippen LogP contribution in [0.1, 0.15) is 29.8 Å². The number of aryl methyl sites for hydroxylation is 1. The van der Waals surface area contributed by atoms with E-state index in [0.717, 1.165) is 52.3 Å². The lowest BCUT2D eigenvalue weighted by Gasteiger charge is -2.18. The fourth-order valence-electron chi connectivity index (χ4n) is 3.75. The molecular formula is C21H22N4O3S. The van der Waals surface area contributed by atoms with E-state index in [9.17, 15) is 14.4 Å². The summed E-state index contributed by atoms with van der Waals surface area (Å²) in [6.07, 6.45) is 5.41. The highest BCUT2D eigenvalue weighted by molar-refractivity contribution is 8.18. The van der Waals surface area contributed by atoms with Crippen LogP contribution >= 0.6 is 11.8 Å². The Kier molecular flexibility index (Phi) is 5.27. The second-order valence-electron chi connectivity index (χ2n) is 7.21. The fourth-order valence-corrected chi connectivity index (χ4v) is 4.58. The Morgan fingerprint density at radius 2 is 1.97 bits per heavy atom. The highest BCUT2D eigenvalue weighted by Crippen LogP contribution is 2.33. The molecule has 2 fully saturated rings. The summed E-state index contributed by atoms with van der Waals surface area (Å²) in [4.78, 5) is 45.0. The molecule has 0 bridgehead atoms. The topological polar surface area (TPSA) is 75.5 Å². The summed E-state index contributed by atoms with van der Waals surface area (Å²) in [6.45, 7) is 5.14. The molecule has 150 valence electrons. The molecule has 0 spiro atoms. The van der Waals surface area contributed by atoms with Gasteiger partial charge in [-0.1, -0.05) is 6.07 Å². The lowest BCUT2D eigenvalue weighted by molar-refractivity contribution is -0.135. The largest absolute Gasteiger partial charge is 0.341 e. The molecule has 0 atom stereocenters. The van der Waals surface area contributed by atoms with Crippen molar-refractivity contribution in [3.8, 4) is 5.82 Å². The molecule has 8 heteroatoms. The highest BCUT2D eigenvalue weighted by Gasteiger charge is 2.37. The Bertz CT molecular complexity index is 1010. The second-order valence-corrected chi connectivity index (χ2v) is 8.20. The van der Waals surface area contributed by atoms with Crippen molar-refractivity contribution in [2.24, 2.45) is 0 Å². The molecule has 2 aliphatic rings. The molecule has 0 radical (unpaired) electrons. The number of thioether (sulfide) groups is 1. The van der Waals surface area contributed by atoms with E-state index < -0.39 is 11.1 Å². The van der Waals surface area contributed by atoms with E-state index in [1.165, 1.54) is 0 Å². The van der Waals surface area contributed by atoms with Crippen molar-refractivity contribution < 1.29 is 14.4 Å². The monoisotopic (exact) mass is 410 g/mol. The van der Waals surface area contributed by atoms with Crippen LogP contribution in [-0.4, -0.2) is 56.0 Å². The van der Waals surface area contributed by atoms with Crippen LogP contribution < -0.4 is 0 Å². The molecular weight excluding hydrogens is 388 g/mol. The molecule has 2 saturated heterocycles. The second kappa shape index (κ2) is 7.87. The summed E-state index contributed by atoms with van der Waals surface area (Å²) >= 11 is 0.884. The Morgan fingerprint density at radius 1 is 1.21 bits per heavy atom. The first kappa shape index (κ1) is 19.4. The molecule has 0 aliphatic carbocycles. The van der Waals surface area contributed by atoms with E-state index >= 15 is 0 Å². The molecule has 4 heterocycles. The Labute approximate surface area is 173 Å². The standard InChI is InChI=1S/C21H22N4O3S/c1-14-11-16(15(2)25(14)18-7-3-4-8-22-18)12-17-20(27)24(21(28)29-17)13-19(26)23-9-5-6-10-23/h3-4,7-8,11-12H,5-6,9-10,13H2,1-2H3. The summed E-state index contributed by atoms with van der Waals surface area (Å²) in [6, 6.07) is 7.66. The zero-order chi connectivity index (χ0) is 20.5. The molecule has 7 nitrogen and oxygen atoms in total. The molecule has 2 aromatic heterocycles. The number of pyridine rings is 1. The minimum atomic E-state index is -0.407. The van der Waals surface area contributed by atoms with Crippen molar-refractivity contribution >= 4 is 34.9 Å². The first-order valence-electron chi connectivity index (χ1n) is 9.59. The number of hydrogen-bond acceptors (Lipinski definition) is 5. The van der Waals surface area contributed by atoms with E-state index in [1.54, 1.807) is 17.2 Å². The fraction of sp³-hybridized carbons (Fsp3) is 0.333. The van der Waals surface area contributed by atoms with Gasteiger partial charge in [0.15, 0.2) is 0 Å². The van der Waals surface area contributed by atoms with Gasteiger partial charge in [0.05, 0.1) is 4.91 Å². The lowest BCUT2D eigenvalue weighted by Crippen LogP contribution is -2.40. The number of imide groups is 1. The molecule has 4 rings (SSSR count). The zero-order valence-corrected chi connectivity index (χ0v) is 17.2. The van der Waals surface area contributed by atoms with Gasteiger partial charge in [0.25, 0.3) is 11.1 Å². The van der Waals surface area contributed by atoms with Crippen LogP contribution in [0.2, 0.25) is 0 Å². The molecule has 0 N–H and O–H groups in total. The first-order chi connectivity index (χ1) is 14.0. The molecule has 2 aliphatic heterocycles. The van der Waals surface area contributed by atoms with Gasteiger partial charge in [0, 0.05) is 30.7 Å². The highest BCUT2D eigenvalue weighted by atomic mass is 32.2. The van der Waals surface area contributed by atoms with Crippen LogP contribution in [0.25, 0.3) is 11.9 Å². The van der Waals surface area contributed by atoms with Gasteiger partial charge in [-0.05, 0) is 68.3 Å². The number of nitrogens with zero attached hydrogens (tertiary/aromatic N) is 4. The van der Waals surface area contributed by atoms with Crippen LogP contribution in [0.4, 0.5) is 4.79 Å². The van der Waals surface area contributed by atoms with Crippen molar-refractivity contribution in [2.45, 2.75) is 26.7 Å². The average molecular weight is 410 g/mol. The summed E-state index contributed by atoms with van der Waals surface area (Å²) < 4.78 is 2.01. The summed E-state index contributed by atoms with van der Waals surface area (Å²) in [5, 5.41) is -0.396. The third-order valence-electron chi connectivity index (χ3n) is 5.26. The van der Waals surface area contributed by atoms with Gasteiger partial charge >= 0.3 is 0 Å². The Hall–Kier alpha value is -2.87. The van der Waals surface area contributed by atoms with Crippen LogP contribution in [-0.2, 0) is 9.59 Å². The molecule has 3 amide bonds. The number of amides is 3. The average Bonchev–Trinajstić information content (AvgIpc) is 3.40. The smallest absolute Gasteiger partial charge is 0.294 e. The van der Waals surface area contributed by atoms with Crippen molar-refractivity contribution in [1.82, 2.24) is 19.4 Å². The van der Waals surface area contributed by atoms with Crippen LogP contribution in [0.15, 0.2) is 35.4 Å². The van der Waals surface area contributed by atoms with E-state index in [0.29, 0.717) is 18.0 Å². The van der Waals surface area contributed by atoms with E-state index in [-0.39, 0.29) is 12.5 Å². The summed E-state index contributed by atoms with van der Waals surface area (Å²) in [5.41, 5.74) is 2.77. The number of hydrogen-bond donors (Lipinski definition) is 0. The molecule has 0 aromatic carbocycles. The third kappa shape index (κ3) is 3.72. The molecule has 2 aromatic rings. The van der Waals surface area contributed by atoms with Gasteiger partial charge in [0.1, 0.15) is 12.4 Å². The first-order valence-corrected chi connectivity index (χ1v) is 10.4. The number of aromatic nitrogens is 2. The zero-order valence-electron chi connectivity index (χ0n) is 16.4. The SMILES string of the molecule is Cc1cc(C=C2SC(=O)N(CC(=O)N3CCCC3)C2=O)c(C)n1-c1ccccn1. The minimum Gasteiger partial charge on any atom is -0.341 e. The van der Waals surface area contributed by atoms with Gasteiger partial charge < -0.3 is 9.47 Å². The van der Waals surface area contributed by atoms with Gasteiger partial charge in [-0.3, -0.25) is 19.3 Å². The van der Waals surface area contributed by atoms with Crippen molar-refractivity contribution in [1.29, 1.82) is 0 Å². The van der Waals surface area contributed by atoms with Gasteiger partial charge in [-0.2, -0.15) is 0 Å². The van der Waals surface area contributed by atoms with Crippen LogP contribution in [0.3, 0.4) is 0 Å². The van der Waals surface area contributed by atoms with E-state index in [4.69, 9.17) is 0 Å². The normalized spacial score (nSPS) is 18.3. The molecule has 0 saturated carbocycles. The summed E-state index contributed by atoms with van der Waals surface area (Å²) in [5.74, 6) is 0.223. The summed E-state index contributed by atoms with van der Waals surface area (Å²) in [7, 11) is 0. The lowest BCUT2D eigenvalue weighted by atomic mass is 10.2. The van der Waals surface area contributed by atoms with Crippen molar-refractivity contribution in [2.75, 3.05) is 19.6 Å². The van der Waals surface area contributed by atoms with E-state index in [2.05, 4.69) is 4.98 Å². The number of carbonyl (C=O) groups excluding carboxylic acids is 3. The van der Waals surface area contributed by atoms with Crippen molar-refractivity contribution in [3.05, 3.63) is 52.3 Å². The number of rotatable bonds is 4. The Balaban J connectivity index is 1.57. The maximum absolute atomic E-state index is 12.8. The maximum atomic E-state index is 12.8. The van der Waals surface area contributed by atoms with Gasteiger partial charge in [-0.15, -0.1) is 0 Å². The van der Waals surface area contributed by atoms with Gasteiger partial charge in [0.2, 0.25) is 5.91 Å². The molecule has 0 unspecified atom stereocenters. The van der Waals surface area contributed by atoms with Gasteiger partial charge in [-0.25, -0.2) is 4.98 Å². The van der Waals surface area contributed by atoms with Crippen molar-refractivity contribution in [3.63, 3.8) is 0 Å². The predicted octanol–water partition coefficient (Wildman–Crippen LogP) is 3.15. The molecule has 29 heavy (non-hydrogen) atoms.